The number of rotatable bonds is 16. The summed E-state index contributed by atoms with van der Waals surface area (Å²) < 4.78 is 0. The molecule has 8 atom stereocenters. The van der Waals surface area contributed by atoms with E-state index in [1.165, 1.54) is 17.0 Å². The first-order chi connectivity index (χ1) is 31.6. The maximum atomic E-state index is 14.4. The fourth-order valence-electron chi connectivity index (χ4n) is 7.56. The Hall–Kier alpha value is -6.78. The highest BCUT2D eigenvalue weighted by Crippen LogP contribution is 2.21. The number of amides is 10. The van der Waals surface area contributed by atoms with Crippen LogP contribution in [0.2, 0.25) is 0 Å². The molecule has 3 rings (SSSR count). The highest BCUT2D eigenvalue weighted by atomic mass is 16.3. The lowest BCUT2D eigenvalue weighted by atomic mass is 9.95. The number of hydrogen-bond donors (Lipinski definition) is 12. The number of carbonyl (C=O) groups is 10. The molecule has 0 spiro atoms. The van der Waals surface area contributed by atoms with Crippen LogP contribution in [-0.2, 0) is 54.4 Å². The molecule has 2 heterocycles. The van der Waals surface area contributed by atoms with E-state index in [1.54, 1.807) is 32.9 Å². The summed E-state index contributed by atoms with van der Waals surface area (Å²) in [4.78, 5) is 135. The van der Waals surface area contributed by atoms with Gasteiger partial charge in [0.2, 0.25) is 59.1 Å². The van der Waals surface area contributed by atoms with Crippen molar-refractivity contribution in [2.24, 2.45) is 29.0 Å². The number of nitrogens with two attached hydrogens (primary N) is 3. The fraction of sp³-hybridized carbons (Fsp3) is 0.591. The van der Waals surface area contributed by atoms with Crippen LogP contribution in [0.4, 0.5) is 0 Å². The monoisotopic (exact) mass is 941 g/mol. The minimum atomic E-state index is -1.69. The van der Waals surface area contributed by atoms with E-state index in [2.05, 4.69) is 49.1 Å². The lowest BCUT2D eigenvalue weighted by molar-refractivity contribution is -0.143. The molecule has 0 aliphatic carbocycles. The van der Waals surface area contributed by atoms with Gasteiger partial charge in [0, 0.05) is 18.7 Å². The predicted molar refractivity (Wildman–Crippen MR) is 243 cm³/mol. The van der Waals surface area contributed by atoms with Gasteiger partial charge in [-0.05, 0) is 74.6 Å². The smallest absolute Gasteiger partial charge is 0.245 e. The molecule has 0 bridgehead atoms. The summed E-state index contributed by atoms with van der Waals surface area (Å²) in [7, 11) is 0. The van der Waals surface area contributed by atoms with Gasteiger partial charge >= 0.3 is 0 Å². The van der Waals surface area contributed by atoms with Crippen molar-refractivity contribution in [3.05, 3.63) is 42.1 Å². The summed E-state index contributed by atoms with van der Waals surface area (Å²) >= 11 is 0. The van der Waals surface area contributed by atoms with Crippen LogP contribution in [0.3, 0.4) is 0 Å². The van der Waals surface area contributed by atoms with E-state index >= 15 is 0 Å². The van der Waals surface area contributed by atoms with E-state index in [-0.39, 0.29) is 62.6 Å². The topological polar surface area (TPSA) is 368 Å². The Morgan fingerprint density at radius 2 is 1.51 bits per heavy atom. The maximum Gasteiger partial charge on any atom is 0.245 e. The minimum absolute atomic E-state index is 0.00575. The molecule has 0 saturated carbocycles. The summed E-state index contributed by atoms with van der Waals surface area (Å²) in [6, 6.07) is -2.46. The van der Waals surface area contributed by atoms with E-state index in [1.807, 2.05) is 6.92 Å². The van der Waals surface area contributed by atoms with Gasteiger partial charge in [0.25, 0.3) is 0 Å². The number of nitrogens with zero attached hydrogens (tertiary/aromatic N) is 1. The summed E-state index contributed by atoms with van der Waals surface area (Å²) in [6.07, 6.45) is -0.194. The Kier molecular flexibility index (Phi) is 21.5. The van der Waals surface area contributed by atoms with Gasteiger partial charge in [0.15, 0.2) is 0 Å². The third-order valence-corrected chi connectivity index (χ3v) is 11.6. The van der Waals surface area contributed by atoms with E-state index in [9.17, 15) is 53.1 Å². The molecule has 0 aromatic heterocycles. The Morgan fingerprint density at radius 3 is 2.12 bits per heavy atom. The van der Waals surface area contributed by atoms with Gasteiger partial charge in [-0.25, -0.2) is 0 Å². The number of carbonyl (C=O) groups excluding carboxylic acids is 10. The van der Waals surface area contributed by atoms with Crippen LogP contribution < -0.4 is 59.7 Å². The molecular formula is C44H68N12O11. The summed E-state index contributed by atoms with van der Waals surface area (Å²) in [5.41, 5.74) is 17.4. The van der Waals surface area contributed by atoms with Gasteiger partial charge in [-0.2, -0.15) is 0 Å². The van der Waals surface area contributed by atoms with Gasteiger partial charge in [-0.1, -0.05) is 52.8 Å². The number of hydrogen-bond acceptors (Lipinski definition) is 13. The van der Waals surface area contributed by atoms with Crippen molar-refractivity contribution in [1.29, 1.82) is 0 Å². The SMILES string of the molecule is C=C1N[C@@H]([C@@H](C)CC)C(=O)N[C@@H](CCCN)C(=O)N[C@@H](CC(N)=O)C(=O)N[C@H](C(=O)N2CCCC2C(=O)N[C@H](C(=O)NCC(N)=O)C(C)C)CCC(=O)NCC(=O)N[C@H]1Cc1ccc(O)cc1. The van der Waals surface area contributed by atoms with Gasteiger partial charge in [0.05, 0.1) is 25.6 Å². The van der Waals surface area contributed by atoms with Crippen LogP contribution in [0.25, 0.3) is 0 Å². The summed E-state index contributed by atoms with van der Waals surface area (Å²) in [5.74, 6) is -8.75. The largest absolute Gasteiger partial charge is 0.508 e. The summed E-state index contributed by atoms with van der Waals surface area (Å²) in [5, 5.41) is 31.1. The lowest BCUT2D eigenvalue weighted by Crippen LogP contribution is -2.60. The third-order valence-electron chi connectivity index (χ3n) is 11.6. The Balaban J connectivity index is 2.04. The van der Waals surface area contributed by atoms with Gasteiger partial charge in [0.1, 0.15) is 42.0 Å². The van der Waals surface area contributed by atoms with Crippen molar-refractivity contribution in [3.63, 3.8) is 0 Å². The molecule has 15 N–H and O–H groups in total. The molecule has 2 aliphatic heterocycles. The second-order valence-corrected chi connectivity index (χ2v) is 17.2. The Morgan fingerprint density at radius 1 is 0.851 bits per heavy atom. The van der Waals surface area contributed by atoms with Crippen LogP contribution in [0, 0.1) is 11.8 Å². The van der Waals surface area contributed by atoms with Crippen molar-refractivity contribution >= 4 is 59.1 Å². The molecular weight excluding hydrogens is 873 g/mol. The first-order valence-electron chi connectivity index (χ1n) is 22.5. The lowest BCUT2D eigenvalue weighted by Gasteiger charge is -2.32. The summed E-state index contributed by atoms with van der Waals surface area (Å²) in [6.45, 7) is 10.2. The zero-order valence-corrected chi connectivity index (χ0v) is 38.6. The maximum absolute atomic E-state index is 14.4. The predicted octanol–water partition coefficient (Wildman–Crippen LogP) is -3.35. The molecule has 370 valence electrons. The zero-order chi connectivity index (χ0) is 50.0. The van der Waals surface area contributed by atoms with Crippen molar-refractivity contribution < 1.29 is 53.1 Å². The van der Waals surface area contributed by atoms with Crippen LogP contribution in [-0.4, -0.2) is 138 Å². The van der Waals surface area contributed by atoms with Crippen molar-refractivity contribution in [3.8, 4) is 5.75 Å². The second-order valence-electron chi connectivity index (χ2n) is 17.2. The van der Waals surface area contributed by atoms with Crippen molar-refractivity contribution in [1.82, 2.24) is 47.4 Å². The van der Waals surface area contributed by atoms with Crippen molar-refractivity contribution in [2.75, 3.05) is 26.2 Å². The van der Waals surface area contributed by atoms with Crippen LogP contribution in [0.5, 0.6) is 5.75 Å². The Labute approximate surface area is 389 Å². The van der Waals surface area contributed by atoms with Crippen LogP contribution >= 0.6 is 0 Å². The average Bonchev–Trinajstić information content (AvgIpc) is 3.78. The molecule has 23 heteroatoms. The van der Waals surface area contributed by atoms with Crippen LogP contribution in [0.15, 0.2) is 36.5 Å². The van der Waals surface area contributed by atoms with E-state index in [0.29, 0.717) is 18.4 Å². The van der Waals surface area contributed by atoms with Gasteiger partial charge in [-0.15, -0.1) is 0 Å². The van der Waals surface area contributed by atoms with Gasteiger partial charge < -0.3 is 69.7 Å². The number of benzene rings is 1. The highest BCUT2D eigenvalue weighted by molar-refractivity contribution is 5.99. The first-order valence-corrected chi connectivity index (χ1v) is 22.5. The first kappa shape index (κ1) is 54.6. The number of primary amides is 2. The molecule has 23 nitrogen and oxygen atoms in total. The standard InChI is InChI=1S/C44H68N12O11/c1-6-24(4)38-43(66)52-28(9-7-17-45)39(62)54-31(20-33(46)58)40(63)53-29(44(67)56-18-8-10-32(56)41(64)55-37(23(2)3)42(65)49-21-34(47)59)15-16-35(60)48-22-36(61)51-30(25(5)50-38)19-26-11-13-27(57)14-12-26/h11-14,23-24,28-32,37-38,50,57H,5-10,15-22,45H2,1-4H3,(H2,46,58)(H2,47,59)(H,48,60)(H,49,65)(H,51,61)(H,52,66)(H,53,63)(H,54,62)(H,55,64)/t24-,28-,29-,30-,31-,32?,37-,38-/m0/s1. The second kappa shape index (κ2) is 26.4. The molecule has 1 unspecified atom stereocenters. The fourth-order valence-corrected chi connectivity index (χ4v) is 7.56. The number of phenols is 1. The quantitative estimate of drug-likeness (QED) is 0.0772. The third kappa shape index (κ3) is 17.2. The molecule has 2 saturated heterocycles. The normalized spacial score (nSPS) is 23.5. The number of likely N-dealkylation sites (tertiary alicyclic amines) is 1. The van der Waals surface area contributed by atoms with Crippen molar-refractivity contribution in [2.45, 2.75) is 128 Å². The van der Waals surface area contributed by atoms with E-state index < -0.39 is 133 Å². The highest BCUT2D eigenvalue weighted by Gasteiger charge is 2.41. The molecule has 1 aromatic carbocycles. The zero-order valence-electron chi connectivity index (χ0n) is 38.6. The number of nitrogens with one attached hydrogen (secondary N) is 8. The Bertz CT molecular complexity index is 1980. The molecule has 2 fully saturated rings. The molecule has 0 radical (unpaired) electrons. The van der Waals surface area contributed by atoms with Gasteiger partial charge in [-0.3, -0.25) is 47.9 Å². The molecule has 1 aromatic rings. The number of aromatic hydroxyl groups is 1. The average molecular weight is 941 g/mol. The molecule has 10 amide bonds. The van der Waals surface area contributed by atoms with E-state index in [0.717, 1.165) is 0 Å². The van der Waals surface area contributed by atoms with Crippen LogP contribution in [0.1, 0.15) is 84.6 Å². The number of phenolic OH excluding ortho intramolecular Hbond substituents is 1. The molecule has 67 heavy (non-hydrogen) atoms. The minimum Gasteiger partial charge on any atom is -0.508 e. The molecule has 2 aliphatic rings. The van der Waals surface area contributed by atoms with E-state index in [4.69, 9.17) is 17.2 Å².